The summed E-state index contributed by atoms with van der Waals surface area (Å²) >= 11 is 0. The van der Waals surface area contributed by atoms with Gasteiger partial charge in [0.2, 0.25) is 5.91 Å². The molecule has 0 N–H and O–H groups in total. The molecule has 0 unspecified atom stereocenters. The van der Waals surface area contributed by atoms with Crippen LogP contribution >= 0.6 is 0 Å². The highest BCUT2D eigenvalue weighted by Gasteiger charge is 2.31. The van der Waals surface area contributed by atoms with E-state index in [9.17, 15) is 9.59 Å². The average molecular weight is 383 g/mol. The van der Waals surface area contributed by atoms with Crippen molar-refractivity contribution in [1.82, 2.24) is 9.80 Å². The Labute approximate surface area is 167 Å². The fourth-order valence-electron chi connectivity index (χ4n) is 3.71. The molecule has 0 bridgehead atoms. The van der Waals surface area contributed by atoms with Crippen molar-refractivity contribution >= 4 is 22.8 Å². The highest BCUT2D eigenvalue weighted by atomic mass is 16.6. The molecule has 0 saturated carbocycles. The van der Waals surface area contributed by atoms with E-state index in [-0.39, 0.29) is 17.9 Å². The summed E-state index contributed by atoms with van der Waals surface area (Å²) in [6.07, 6.45) is 1.07. The van der Waals surface area contributed by atoms with Gasteiger partial charge in [0.1, 0.15) is 5.60 Å². The number of benzene rings is 2. The van der Waals surface area contributed by atoms with E-state index in [2.05, 4.69) is 24.3 Å². The van der Waals surface area contributed by atoms with E-state index in [4.69, 9.17) is 4.74 Å². The lowest BCUT2D eigenvalue weighted by Crippen LogP contribution is -2.45. The summed E-state index contributed by atoms with van der Waals surface area (Å²) in [7, 11) is 1.87. The van der Waals surface area contributed by atoms with E-state index < -0.39 is 5.60 Å². The normalized spacial score (nSPS) is 15.5. The molecular weight excluding hydrogens is 352 g/mol. The Bertz CT molecular complexity index is 843. The number of hydrogen-bond donors (Lipinski definition) is 0. The Hall–Kier alpha value is -2.56. The SMILES string of the molecule is CN(Cc1cccc2ccccc12)C(=O)C1CCN(C(=O)OC(C)(C)C)CC1. The van der Waals surface area contributed by atoms with Crippen molar-refractivity contribution in [3.8, 4) is 0 Å². The maximum absolute atomic E-state index is 12.9. The number of piperidine rings is 1. The third-order valence-electron chi connectivity index (χ3n) is 5.16. The summed E-state index contributed by atoms with van der Waals surface area (Å²) in [5, 5.41) is 2.37. The van der Waals surface area contributed by atoms with Gasteiger partial charge in [-0.1, -0.05) is 42.5 Å². The Morgan fingerprint density at radius 3 is 2.39 bits per heavy atom. The van der Waals surface area contributed by atoms with Gasteiger partial charge in [0.25, 0.3) is 0 Å². The third kappa shape index (κ3) is 4.83. The second kappa shape index (κ2) is 8.21. The van der Waals surface area contributed by atoms with Crippen LogP contribution in [-0.4, -0.2) is 47.5 Å². The van der Waals surface area contributed by atoms with Crippen molar-refractivity contribution in [2.75, 3.05) is 20.1 Å². The zero-order chi connectivity index (χ0) is 20.3. The van der Waals surface area contributed by atoms with Crippen molar-refractivity contribution in [3.63, 3.8) is 0 Å². The summed E-state index contributed by atoms with van der Waals surface area (Å²) in [6.45, 7) is 7.31. The molecule has 1 aliphatic rings. The van der Waals surface area contributed by atoms with Gasteiger partial charge in [-0.3, -0.25) is 4.79 Å². The second-order valence-corrected chi connectivity index (χ2v) is 8.57. The van der Waals surface area contributed by atoms with Gasteiger partial charge in [-0.2, -0.15) is 0 Å². The van der Waals surface area contributed by atoms with E-state index >= 15 is 0 Å². The predicted molar refractivity (Wildman–Crippen MR) is 111 cm³/mol. The van der Waals surface area contributed by atoms with E-state index in [1.54, 1.807) is 4.90 Å². The summed E-state index contributed by atoms with van der Waals surface area (Å²) in [5.41, 5.74) is 0.655. The third-order valence-corrected chi connectivity index (χ3v) is 5.16. The van der Waals surface area contributed by atoms with Crippen LogP contribution in [-0.2, 0) is 16.1 Å². The highest BCUT2D eigenvalue weighted by Crippen LogP contribution is 2.24. The van der Waals surface area contributed by atoms with Gasteiger partial charge in [-0.15, -0.1) is 0 Å². The van der Waals surface area contributed by atoms with Crippen LogP contribution in [0.25, 0.3) is 10.8 Å². The number of carbonyl (C=O) groups is 2. The van der Waals surface area contributed by atoms with Gasteiger partial charge < -0.3 is 14.5 Å². The van der Waals surface area contributed by atoms with E-state index in [0.29, 0.717) is 32.5 Å². The smallest absolute Gasteiger partial charge is 0.410 e. The lowest BCUT2D eigenvalue weighted by atomic mass is 9.95. The molecule has 0 radical (unpaired) electrons. The fourth-order valence-corrected chi connectivity index (χ4v) is 3.71. The highest BCUT2D eigenvalue weighted by molar-refractivity contribution is 5.86. The molecule has 0 aromatic heterocycles. The Balaban J connectivity index is 1.58. The van der Waals surface area contributed by atoms with Crippen LogP contribution in [0.15, 0.2) is 42.5 Å². The van der Waals surface area contributed by atoms with Crippen molar-refractivity contribution < 1.29 is 14.3 Å². The molecule has 1 heterocycles. The van der Waals surface area contributed by atoms with Crippen LogP contribution in [0.5, 0.6) is 0 Å². The topological polar surface area (TPSA) is 49.9 Å². The maximum atomic E-state index is 12.9. The fraction of sp³-hybridized carbons (Fsp3) is 0.478. The van der Waals surface area contributed by atoms with Crippen LogP contribution in [0, 0.1) is 5.92 Å². The van der Waals surface area contributed by atoms with E-state index in [1.165, 1.54) is 10.8 Å². The van der Waals surface area contributed by atoms with Crippen LogP contribution in [0.3, 0.4) is 0 Å². The molecule has 2 aromatic carbocycles. The first-order valence-electron chi connectivity index (χ1n) is 9.94. The van der Waals surface area contributed by atoms with Crippen molar-refractivity contribution in [1.29, 1.82) is 0 Å². The Morgan fingerprint density at radius 2 is 1.71 bits per heavy atom. The molecule has 2 aromatic rings. The van der Waals surface area contributed by atoms with Gasteiger partial charge in [-0.25, -0.2) is 4.79 Å². The minimum Gasteiger partial charge on any atom is -0.444 e. The molecule has 28 heavy (non-hydrogen) atoms. The Morgan fingerprint density at radius 1 is 1.07 bits per heavy atom. The quantitative estimate of drug-likeness (QED) is 0.788. The van der Waals surface area contributed by atoms with Gasteiger partial charge in [-0.05, 0) is 49.9 Å². The first-order valence-corrected chi connectivity index (χ1v) is 9.94. The minimum atomic E-state index is -0.498. The van der Waals surface area contributed by atoms with Gasteiger partial charge in [0, 0.05) is 32.6 Å². The number of ether oxygens (including phenoxy) is 1. The maximum Gasteiger partial charge on any atom is 0.410 e. The number of nitrogens with zero attached hydrogens (tertiary/aromatic N) is 2. The van der Waals surface area contributed by atoms with Crippen molar-refractivity contribution in [3.05, 3.63) is 48.0 Å². The number of carbonyl (C=O) groups excluding carboxylic acids is 2. The summed E-state index contributed by atoms with van der Waals surface area (Å²) in [6, 6.07) is 14.5. The molecular formula is C23H30N2O3. The molecule has 5 nitrogen and oxygen atoms in total. The van der Waals surface area contributed by atoms with Crippen molar-refractivity contribution in [2.45, 2.75) is 45.8 Å². The first kappa shape index (κ1) is 20.2. The minimum absolute atomic E-state index is 0.0429. The average Bonchev–Trinajstić information content (AvgIpc) is 2.66. The predicted octanol–water partition coefficient (Wildman–Crippen LogP) is 4.45. The molecule has 2 amide bonds. The van der Waals surface area contributed by atoms with E-state index in [0.717, 1.165) is 5.56 Å². The summed E-state index contributed by atoms with van der Waals surface area (Å²) in [4.78, 5) is 28.7. The molecule has 0 aliphatic carbocycles. The van der Waals surface area contributed by atoms with Gasteiger partial charge >= 0.3 is 6.09 Å². The Kier molecular flexibility index (Phi) is 5.92. The van der Waals surface area contributed by atoms with Crippen LogP contribution < -0.4 is 0 Å². The standard InChI is InChI=1S/C23H30N2O3/c1-23(2,3)28-22(27)25-14-12-18(13-15-25)21(26)24(4)16-19-10-7-9-17-8-5-6-11-20(17)19/h5-11,18H,12-16H2,1-4H3. The molecule has 1 saturated heterocycles. The zero-order valence-corrected chi connectivity index (χ0v) is 17.3. The van der Waals surface area contributed by atoms with Crippen LogP contribution in [0.1, 0.15) is 39.2 Å². The molecule has 1 aliphatic heterocycles. The summed E-state index contributed by atoms with van der Waals surface area (Å²) < 4.78 is 5.43. The van der Waals surface area contributed by atoms with E-state index in [1.807, 2.05) is 50.9 Å². The monoisotopic (exact) mass is 382 g/mol. The first-order chi connectivity index (χ1) is 13.2. The van der Waals surface area contributed by atoms with Gasteiger partial charge in [0.15, 0.2) is 0 Å². The molecule has 0 atom stereocenters. The molecule has 5 heteroatoms. The van der Waals surface area contributed by atoms with Crippen LogP contribution in [0.2, 0.25) is 0 Å². The van der Waals surface area contributed by atoms with Crippen molar-refractivity contribution in [2.24, 2.45) is 5.92 Å². The molecule has 1 fully saturated rings. The molecule has 150 valence electrons. The number of hydrogen-bond acceptors (Lipinski definition) is 3. The largest absolute Gasteiger partial charge is 0.444 e. The number of likely N-dealkylation sites (tertiary alicyclic amines) is 1. The summed E-state index contributed by atoms with van der Waals surface area (Å²) in [5.74, 6) is 0.107. The number of rotatable bonds is 3. The van der Waals surface area contributed by atoms with Crippen LogP contribution in [0.4, 0.5) is 4.79 Å². The lowest BCUT2D eigenvalue weighted by Gasteiger charge is -2.34. The number of amides is 2. The molecule has 0 spiro atoms. The van der Waals surface area contributed by atoms with Gasteiger partial charge in [0.05, 0.1) is 0 Å². The zero-order valence-electron chi connectivity index (χ0n) is 17.3. The molecule has 3 rings (SSSR count). The lowest BCUT2D eigenvalue weighted by molar-refractivity contribution is -0.136. The second-order valence-electron chi connectivity index (χ2n) is 8.57. The number of fused-ring (bicyclic) bond motifs is 1.